The molecule has 5 heteroatoms. The van der Waals surface area contributed by atoms with Gasteiger partial charge in [0.15, 0.2) is 11.5 Å². The zero-order valence-electron chi connectivity index (χ0n) is 11.7. The molecule has 0 aliphatic heterocycles. The first-order valence-corrected chi connectivity index (χ1v) is 7.40. The number of anilines is 1. The van der Waals surface area contributed by atoms with Crippen LogP contribution in [0, 0.1) is 13.8 Å². The topological polar surface area (TPSA) is 55.1 Å². The molecule has 0 aliphatic carbocycles. The number of nitrogens with zero attached hydrogens (tertiary/aromatic N) is 1. The minimum atomic E-state index is -0.268. The summed E-state index contributed by atoms with van der Waals surface area (Å²) in [6, 6.07) is 11.4. The Labute approximate surface area is 126 Å². The number of rotatable bonds is 3. The Bertz CT molecular complexity index is 775. The molecule has 0 atom stereocenters. The summed E-state index contributed by atoms with van der Waals surface area (Å²) in [5.41, 5.74) is 3.17. The smallest absolute Gasteiger partial charge is 0.277 e. The molecule has 0 unspecified atom stereocenters. The molecule has 0 radical (unpaired) electrons. The molecule has 0 fully saturated rings. The maximum Gasteiger partial charge on any atom is 0.277 e. The summed E-state index contributed by atoms with van der Waals surface area (Å²) in [7, 11) is 0. The van der Waals surface area contributed by atoms with E-state index in [2.05, 4.69) is 10.5 Å². The summed E-state index contributed by atoms with van der Waals surface area (Å²) in [5.74, 6) is 0.339. The predicted octanol–water partition coefficient (Wildman–Crippen LogP) is 4.27. The Kier molecular flexibility index (Phi) is 3.58. The Hall–Kier alpha value is -2.40. The molecule has 3 aromatic rings. The summed E-state index contributed by atoms with van der Waals surface area (Å²) in [6.45, 7) is 3.94. The average molecular weight is 298 g/mol. The van der Waals surface area contributed by atoms with E-state index >= 15 is 0 Å². The van der Waals surface area contributed by atoms with E-state index in [1.807, 2.05) is 49.6 Å². The minimum absolute atomic E-state index is 0.268. The van der Waals surface area contributed by atoms with Crippen LogP contribution in [-0.2, 0) is 0 Å². The standard InChI is InChI=1S/C16H14N2O2S/c1-10-5-6-11(2)12(8-10)17-16(19)13-9-14(20-18-13)15-4-3-7-21-15/h3-9H,1-2H3,(H,17,19). The second-order valence-corrected chi connectivity index (χ2v) is 5.77. The van der Waals surface area contributed by atoms with Gasteiger partial charge in [-0.1, -0.05) is 23.4 Å². The van der Waals surface area contributed by atoms with Crippen LogP contribution >= 0.6 is 11.3 Å². The molecule has 0 saturated carbocycles. The van der Waals surface area contributed by atoms with Gasteiger partial charge in [-0.15, -0.1) is 11.3 Å². The summed E-state index contributed by atoms with van der Waals surface area (Å²) >= 11 is 1.54. The van der Waals surface area contributed by atoms with Gasteiger partial charge in [-0.25, -0.2) is 0 Å². The van der Waals surface area contributed by atoms with Crippen molar-refractivity contribution in [3.8, 4) is 10.6 Å². The monoisotopic (exact) mass is 298 g/mol. The number of carbonyl (C=O) groups is 1. The van der Waals surface area contributed by atoms with Gasteiger partial charge in [0, 0.05) is 11.8 Å². The summed E-state index contributed by atoms with van der Waals surface area (Å²) < 4.78 is 5.22. The lowest BCUT2D eigenvalue weighted by molar-refractivity contribution is 0.101. The molecule has 0 spiro atoms. The van der Waals surface area contributed by atoms with Gasteiger partial charge in [-0.2, -0.15) is 0 Å². The van der Waals surface area contributed by atoms with Gasteiger partial charge in [0.05, 0.1) is 4.88 Å². The fourth-order valence-electron chi connectivity index (χ4n) is 1.97. The van der Waals surface area contributed by atoms with E-state index < -0.39 is 0 Å². The van der Waals surface area contributed by atoms with E-state index in [-0.39, 0.29) is 11.6 Å². The van der Waals surface area contributed by atoms with Crippen molar-refractivity contribution < 1.29 is 9.32 Å². The molecule has 2 aromatic heterocycles. The maximum atomic E-state index is 12.2. The molecule has 1 aromatic carbocycles. The van der Waals surface area contributed by atoms with Gasteiger partial charge in [0.25, 0.3) is 5.91 Å². The van der Waals surface area contributed by atoms with Crippen LogP contribution in [0.4, 0.5) is 5.69 Å². The molecular formula is C16H14N2O2S. The Balaban J connectivity index is 1.81. The van der Waals surface area contributed by atoms with Crippen LogP contribution in [0.5, 0.6) is 0 Å². The fraction of sp³-hybridized carbons (Fsp3) is 0.125. The Morgan fingerprint density at radius 1 is 1.24 bits per heavy atom. The van der Waals surface area contributed by atoms with Crippen LogP contribution in [0.2, 0.25) is 0 Å². The third-order valence-corrected chi connectivity index (χ3v) is 4.03. The minimum Gasteiger partial charge on any atom is -0.355 e. The predicted molar refractivity (Wildman–Crippen MR) is 83.7 cm³/mol. The third-order valence-electron chi connectivity index (χ3n) is 3.15. The average Bonchev–Trinajstić information content (AvgIpc) is 3.12. The zero-order valence-corrected chi connectivity index (χ0v) is 12.5. The molecule has 106 valence electrons. The number of aryl methyl sites for hydroxylation is 2. The van der Waals surface area contributed by atoms with Gasteiger partial charge < -0.3 is 9.84 Å². The van der Waals surface area contributed by atoms with Crippen LogP contribution < -0.4 is 5.32 Å². The normalized spacial score (nSPS) is 10.6. The van der Waals surface area contributed by atoms with Crippen molar-refractivity contribution in [2.24, 2.45) is 0 Å². The SMILES string of the molecule is Cc1ccc(C)c(NC(=O)c2cc(-c3cccs3)on2)c1. The zero-order chi connectivity index (χ0) is 14.8. The van der Waals surface area contributed by atoms with Crippen molar-refractivity contribution >= 4 is 22.9 Å². The largest absolute Gasteiger partial charge is 0.355 e. The molecule has 3 rings (SSSR count). The first kappa shape index (κ1) is 13.6. The number of carbonyl (C=O) groups excluding carboxylic acids is 1. The van der Waals surface area contributed by atoms with Crippen LogP contribution in [0.15, 0.2) is 46.3 Å². The summed E-state index contributed by atoms with van der Waals surface area (Å²) in [4.78, 5) is 13.2. The highest BCUT2D eigenvalue weighted by Gasteiger charge is 2.15. The number of hydrogen-bond donors (Lipinski definition) is 1. The molecule has 1 amide bonds. The fourth-order valence-corrected chi connectivity index (χ4v) is 2.65. The number of aromatic nitrogens is 1. The van der Waals surface area contributed by atoms with Gasteiger partial charge >= 0.3 is 0 Å². The molecule has 1 N–H and O–H groups in total. The molecular weight excluding hydrogens is 284 g/mol. The quantitative estimate of drug-likeness (QED) is 0.785. The van der Waals surface area contributed by atoms with Gasteiger partial charge in [-0.3, -0.25) is 4.79 Å². The second kappa shape index (κ2) is 5.54. The van der Waals surface area contributed by atoms with Crippen LogP contribution in [0.25, 0.3) is 10.6 Å². The van der Waals surface area contributed by atoms with Crippen LogP contribution in [0.3, 0.4) is 0 Å². The third kappa shape index (κ3) is 2.87. The molecule has 0 bridgehead atoms. The van der Waals surface area contributed by atoms with Crippen molar-refractivity contribution in [3.05, 3.63) is 58.6 Å². The number of hydrogen-bond acceptors (Lipinski definition) is 4. The first-order valence-electron chi connectivity index (χ1n) is 6.52. The number of thiophene rings is 1. The van der Waals surface area contributed by atoms with Crippen molar-refractivity contribution in [1.29, 1.82) is 0 Å². The van der Waals surface area contributed by atoms with Crippen molar-refractivity contribution in [2.75, 3.05) is 5.32 Å². The van der Waals surface area contributed by atoms with E-state index in [1.165, 1.54) is 0 Å². The summed E-state index contributed by atoms with van der Waals surface area (Å²) in [5, 5.41) is 8.66. The molecule has 0 aliphatic rings. The van der Waals surface area contributed by atoms with E-state index in [1.54, 1.807) is 17.4 Å². The van der Waals surface area contributed by atoms with Gasteiger partial charge in [0.2, 0.25) is 0 Å². The number of amides is 1. The van der Waals surface area contributed by atoms with E-state index in [0.29, 0.717) is 5.76 Å². The lowest BCUT2D eigenvalue weighted by Crippen LogP contribution is -2.13. The van der Waals surface area contributed by atoms with Crippen LogP contribution in [-0.4, -0.2) is 11.1 Å². The number of benzene rings is 1. The highest BCUT2D eigenvalue weighted by molar-refractivity contribution is 7.13. The van der Waals surface area contributed by atoms with E-state index in [9.17, 15) is 4.79 Å². The van der Waals surface area contributed by atoms with Crippen molar-refractivity contribution in [1.82, 2.24) is 5.16 Å². The summed E-state index contributed by atoms with van der Waals surface area (Å²) in [6.07, 6.45) is 0. The molecule has 0 saturated heterocycles. The lowest BCUT2D eigenvalue weighted by Gasteiger charge is -2.07. The van der Waals surface area contributed by atoms with Gasteiger partial charge in [0.1, 0.15) is 0 Å². The molecule has 4 nitrogen and oxygen atoms in total. The highest BCUT2D eigenvalue weighted by Crippen LogP contribution is 2.25. The van der Waals surface area contributed by atoms with Crippen LogP contribution in [0.1, 0.15) is 21.6 Å². The molecule has 2 heterocycles. The van der Waals surface area contributed by atoms with Gasteiger partial charge in [-0.05, 0) is 42.5 Å². The second-order valence-electron chi connectivity index (χ2n) is 4.83. The van der Waals surface area contributed by atoms with E-state index in [4.69, 9.17) is 4.52 Å². The van der Waals surface area contributed by atoms with E-state index in [0.717, 1.165) is 21.7 Å². The maximum absolute atomic E-state index is 12.2. The van der Waals surface area contributed by atoms with Crippen molar-refractivity contribution in [3.63, 3.8) is 0 Å². The number of nitrogens with one attached hydrogen (secondary N) is 1. The molecule has 21 heavy (non-hydrogen) atoms. The van der Waals surface area contributed by atoms with Crippen molar-refractivity contribution in [2.45, 2.75) is 13.8 Å². The Morgan fingerprint density at radius 2 is 2.10 bits per heavy atom. The Morgan fingerprint density at radius 3 is 2.86 bits per heavy atom. The highest BCUT2D eigenvalue weighted by atomic mass is 32.1. The lowest BCUT2D eigenvalue weighted by atomic mass is 10.1. The first-order chi connectivity index (χ1) is 10.1.